The summed E-state index contributed by atoms with van der Waals surface area (Å²) >= 11 is 0. The number of anilines is 1. The lowest BCUT2D eigenvalue weighted by Gasteiger charge is -2.24. The molecule has 0 aromatic heterocycles. The van der Waals surface area contributed by atoms with Gasteiger partial charge in [0.2, 0.25) is 0 Å². The highest BCUT2D eigenvalue weighted by molar-refractivity contribution is 6.07. The first-order valence-electron chi connectivity index (χ1n) is 9.26. The number of aryl methyl sites for hydroxylation is 1. The lowest BCUT2D eigenvalue weighted by Crippen LogP contribution is -2.31. The Morgan fingerprint density at radius 1 is 0.769 bits per heavy atom. The second kappa shape index (κ2) is 8.01. The number of benzene rings is 3. The molecule has 26 heavy (non-hydrogen) atoms. The van der Waals surface area contributed by atoms with Gasteiger partial charge in [-0.2, -0.15) is 0 Å². The van der Waals surface area contributed by atoms with Crippen LogP contribution < -0.4 is 4.90 Å². The van der Waals surface area contributed by atoms with Gasteiger partial charge in [-0.25, -0.2) is 0 Å². The molecule has 0 atom stereocenters. The van der Waals surface area contributed by atoms with E-state index in [0.29, 0.717) is 6.54 Å². The van der Waals surface area contributed by atoms with Crippen LogP contribution in [-0.4, -0.2) is 5.91 Å². The molecule has 0 saturated heterocycles. The lowest BCUT2D eigenvalue weighted by atomic mass is 10.0. The molecule has 0 saturated carbocycles. The standard InChI is InChI=1S/C22H19NO.C2H6/c1-16-8-2-6-12-20(16)22(24)23-15-19-11-4-3-9-17(19)14-18-10-5-7-13-21(18)23;1-2/h2-13H,14-15H2,1H3;1-2H3. The van der Waals surface area contributed by atoms with Crippen molar-refractivity contribution in [1.82, 2.24) is 0 Å². The zero-order valence-corrected chi connectivity index (χ0v) is 15.7. The molecule has 1 heterocycles. The van der Waals surface area contributed by atoms with Crippen LogP contribution in [0.5, 0.6) is 0 Å². The van der Waals surface area contributed by atoms with Gasteiger partial charge in [-0.05, 0) is 47.7 Å². The summed E-state index contributed by atoms with van der Waals surface area (Å²) in [4.78, 5) is 15.2. The third kappa shape index (κ3) is 3.41. The van der Waals surface area contributed by atoms with Gasteiger partial charge >= 0.3 is 0 Å². The number of hydrogen-bond donors (Lipinski definition) is 0. The highest BCUT2D eigenvalue weighted by atomic mass is 16.2. The van der Waals surface area contributed by atoms with Gasteiger partial charge in [0.25, 0.3) is 5.91 Å². The van der Waals surface area contributed by atoms with Crippen molar-refractivity contribution in [3.05, 3.63) is 101 Å². The van der Waals surface area contributed by atoms with Crippen LogP contribution in [0.4, 0.5) is 5.69 Å². The number of amides is 1. The predicted octanol–water partition coefficient (Wildman–Crippen LogP) is 5.77. The maximum Gasteiger partial charge on any atom is 0.258 e. The van der Waals surface area contributed by atoms with E-state index in [-0.39, 0.29) is 5.91 Å². The molecular formula is C24H25NO. The highest BCUT2D eigenvalue weighted by Crippen LogP contribution is 2.31. The van der Waals surface area contributed by atoms with Crippen LogP contribution >= 0.6 is 0 Å². The van der Waals surface area contributed by atoms with Gasteiger partial charge in [0.15, 0.2) is 0 Å². The molecule has 132 valence electrons. The van der Waals surface area contributed by atoms with E-state index in [4.69, 9.17) is 0 Å². The summed E-state index contributed by atoms with van der Waals surface area (Å²) in [6.45, 7) is 6.60. The van der Waals surface area contributed by atoms with Gasteiger partial charge in [-0.1, -0.05) is 74.5 Å². The van der Waals surface area contributed by atoms with Gasteiger partial charge < -0.3 is 4.90 Å². The molecule has 0 radical (unpaired) electrons. The largest absolute Gasteiger partial charge is 0.304 e. The van der Waals surface area contributed by atoms with Crippen molar-refractivity contribution in [1.29, 1.82) is 0 Å². The molecule has 0 spiro atoms. The summed E-state index contributed by atoms with van der Waals surface area (Å²) in [6, 6.07) is 24.4. The van der Waals surface area contributed by atoms with E-state index in [2.05, 4.69) is 30.3 Å². The number of rotatable bonds is 1. The van der Waals surface area contributed by atoms with Crippen molar-refractivity contribution in [3.63, 3.8) is 0 Å². The van der Waals surface area contributed by atoms with Crippen molar-refractivity contribution < 1.29 is 4.79 Å². The summed E-state index contributed by atoms with van der Waals surface area (Å²) in [7, 11) is 0. The van der Waals surface area contributed by atoms with Gasteiger partial charge in [0.05, 0.1) is 6.54 Å². The molecule has 2 nitrogen and oxygen atoms in total. The third-order valence-corrected chi connectivity index (χ3v) is 4.73. The average molecular weight is 343 g/mol. The molecule has 0 bridgehead atoms. The van der Waals surface area contributed by atoms with Crippen molar-refractivity contribution in [2.75, 3.05) is 4.90 Å². The zero-order valence-electron chi connectivity index (χ0n) is 15.7. The molecule has 1 aliphatic rings. The molecule has 4 rings (SSSR count). The molecule has 3 aromatic rings. The van der Waals surface area contributed by atoms with Crippen LogP contribution in [0.3, 0.4) is 0 Å². The Labute approximate surface area is 156 Å². The Morgan fingerprint density at radius 2 is 1.35 bits per heavy atom. The minimum Gasteiger partial charge on any atom is -0.304 e. The zero-order chi connectivity index (χ0) is 18.5. The fourth-order valence-electron chi connectivity index (χ4n) is 3.41. The van der Waals surface area contributed by atoms with Crippen LogP contribution in [0.1, 0.15) is 46.5 Å². The number of fused-ring (bicyclic) bond motifs is 2. The van der Waals surface area contributed by atoms with Gasteiger partial charge in [-0.15, -0.1) is 0 Å². The minimum absolute atomic E-state index is 0.0669. The molecule has 3 aromatic carbocycles. The fourth-order valence-corrected chi connectivity index (χ4v) is 3.41. The molecule has 1 amide bonds. The number of carbonyl (C=O) groups excluding carboxylic acids is 1. The fraction of sp³-hybridized carbons (Fsp3) is 0.208. The van der Waals surface area contributed by atoms with Gasteiger partial charge in [0.1, 0.15) is 0 Å². The predicted molar refractivity (Wildman–Crippen MR) is 109 cm³/mol. The molecule has 0 aliphatic carbocycles. The number of nitrogens with zero attached hydrogens (tertiary/aromatic N) is 1. The third-order valence-electron chi connectivity index (χ3n) is 4.73. The first-order valence-corrected chi connectivity index (χ1v) is 9.26. The molecular weight excluding hydrogens is 318 g/mol. The van der Waals surface area contributed by atoms with Crippen LogP contribution in [0.25, 0.3) is 0 Å². The quantitative estimate of drug-likeness (QED) is 0.549. The first kappa shape index (κ1) is 17.9. The monoisotopic (exact) mass is 343 g/mol. The topological polar surface area (TPSA) is 20.3 Å². The smallest absolute Gasteiger partial charge is 0.258 e. The van der Waals surface area contributed by atoms with E-state index in [0.717, 1.165) is 23.2 Å². The summed E-state index contributed by atoms with van der Waals surface area (Å²) in [6.07, 6.45) is 0.865. The number of hydrogen-bond acceptors (Lipinski definition) is 1. The summed E-state index contributed by atoms with van der Waals surface area (Å²) in [5.74, 6) is 0.0669. The van der Waals surface area contributed by atoms with E-state index < -0.39 is 0 Å². The van der Waals surface area contributed by atoms with Crippen molar-refractivity contribution >= 4 is 11.6 Å². The summed E-state index contributed by atoms with van der Waals surface area (Å²) in [5.41, 5.74) is 6.51. The Hall–Kier alpha value is -2.87. The van der Waals surface area contributed by atoms with E-state index in [1.165, 1.54) is 16.7 Å². The molecule has 0 N–H and O–H groups in total. The molecule has 1 aliphatic heterocycles. The van der Waals surface area contributed by atoms with Crippen LogP contribution in [-0.2, 0) is 13.0 Å². The molecule has 2 heteroatoms. The first-order chi connectivity index (χ1) is 12.7. The molecule has 0 unspecified atom stereocenters. The summed E-state index contributed by atoms with van der Waals surface area (Å²) < 4.78 is 0. The Balaban J connectivity index is 0.000000948. The van der Waals surface area contributed by atoms with Crippen molar-refractivity contribution in [2.45, 2.75) is 33.7 Å². The van der Waals surface area contributed by atoms with Crippen molar-refractivity contribution in [2.24, 2.45) is 0 Å². The SMILES string of the molecule is CC.Cc1ccccc1C(=O)N1Cc2ccccc2Cc2ccccc21. The number of para-hydroxylation sites is 1. The van der Waals surface area contributed by atoms with Crippen LogP contribution in [0.2, 0.25) is 0 Å². The van der Waals surface area contributed by atoms with Crippen LogP contribution in [0.15, 0.2) is 72.8 Å². The van der Waals surface area contributed by atoms with Crippen LogP contribution in [0, 0.1) is 6.92 Å². The van der Waals surface area contributed by atoms with E-state index >= 15 is 0 Å². The Bertz CT molecular complexity index is 913. The van der Waals surface area contributed by atoms with Gasteiger partial charge in [0, 0.05) is 11.3 Å². The Morgan fingerprint density at radius 3 is 2.08 bits per heavy atom. The second-order valence-corrected chi connectivity index (χ2v) is 6.28. The Kier molecular flexibility index (Phi) is 5.52. The maximum atomic E-state index is 13.3. The highest BCUT2D eigenvalue weighted by Gasteiger charge is 2.25. The minimum atomic E-state index is 0.0669. The van der Waals surface area contributed by atoms with Gasteiger partial charge in [-0.3, -0.25) is 4.79 Å². The van der Waals surface area contributed by atoms with E-state index in [9.17, 15) is 4.79 Å². The molecule has 0 fully saturated rings. The normalized spacial score (nSPS) is 12.2. The lowest BCUT2D eigenvalue weighted by molar-refractivity contribution is 0.0984. The average Bonchev–Trinajstić information content (AvgIpc) is 2.86. The second-order valence-electron chi connectivity index (χ2n) is 6.28. The van der Waals surface area contributed by atoms with Crippen molar-refractivity contribution in [3.8, 4) is 0 Å². The van der Waals surface area contributed by atoms with E-state index in [1.54, 1.807) is 0 Å². The van der Waals surface area contributed by atoms with E-state index in [1.807, 2.05) is 68.1 Å². The summed E-state index contributed by atoms with van der Waals surface area (Å²) in [5, 5.41) is 0. The number of carbonyl (C=O) groups is 1. The maximum absolute atomic E-state index is 13.3.